The number of nitrogens with zero attached hydrogens (tertiary/aromatic N) is 2. The zero-order valence-corrected chi connectivity index (χ0v) is 15.8. The van der Waals surface area contributed by atoms with Crippen molar-refractivity contribution in [1.82, 2.24) is 15.2 Å². The van der Waals surface area contributed by atoms with Gasteiger partial charge in [0, 0.05) is 38.0 Å². The van der Waals surface area contributed by atoms with Gasteiger partial charge in [0.25, 0.3) is 0 Å². The predicted molar refractivity (Wildman–Crippen MR) is 103 cm³/mol. The van der Waals surface area contributed by atoms with Gasteiger partial charge < -0.3 is 14.6 Å². The van der Waals surface area contributed by atoms with Crippen LogP contribution in [0.15, 0.2) is 34.9 Å². The Balaban J connectivity index is 1.38. The Kier molecular flexibility index (Phi) is 6.45. The molecule has 3 rings (SSSR count). The topological polar surface area (TPSA) is 58.4 Å². The molecule has 1 aromatic heterocycles. The Morgan fingerprint density at radius 2 is 2.15 bits per heavy atom. The molecule has 1 aromatic carbocycles. The lowest BCUT2D eigenvalue weighted by Gasteiger charge is -2.30. The van der Waals surface area contributed by atoms with Crippen molar-refractivity contribution in [2.45, 2.75) is 39.5 Å². The number of rotatable bonds is 7. The first-order valence-electron chi connectivity index (χ1n) is 9.61. The van der Waals surface area contributed by atoms with Crippen molar-refractivity contribution in [1.29, 1.82) is 0 Å². The highest BCUT2D eigenvalue weighted by molar-refractivity contribution is 5.76. The number of hydrogen-bond donors (Lipinski definition) is 1. The van der Waals surface area contributed by atoms with E-state index < -0.39 is 0 Å². The van der Waals surface area contributed by atoms with Gasteiger partial charge in [-0.15, -0.1) is 0 Å². The molecule has 1 unspecified atom stereocenters. The number of benzene rings is 1. The van der Waals surface area contributed by atoms with Crippen LogP contribution in [-0.4, -0.2) is 42.0 Å². The second-order valence-electron chi connectivity index (χ2n) is 7.38. The summed E-state index contributed by atoms with van der Waals surface area (Å²) < 4.78 is 5.77. The number of hydrogen-bond acceptors (Lipinski definition) is 4. The molecule has 140 valence electrons. The van der Waals surface area contributed by atoms with Gasteiger partial charge in [-0.05, 0) is 32.2 Å². The highest BCUT2D eigenvalue weighted by atomic mass is 16.4. The summed E-state index contributed by atoms with van der Waals surface area (Å²) in [6.45, 7) is 8.30. The molecule has 1 fully saturated rings. The fourth-order valence-electron chi connectivity index (χ4n) is 3.43. The summed E-state index contributed by atoms with van der Waals surface area (Å²) in [5.74, 6) is 2.19. The van der Waals surface area contributed by atoms with Crippen LogP contribution in [0, 0.1) is 12.8 Å². The van der Waals surface area contributed by atoms with Gasteiger partial charge >= 0.3 is 0 Å². The van der Waals surface area contributed by atoms with Crippen LogP contribution in [0.25, 0.3) is 11.3 Å². The third-order valence-corrected chi connectivity index (χ3v) is 4.95. The highest BCUT2D eigenvalue weighted by Crippen LogP contribution is 2.21. The first kappa shape index (κ1) is 18.6. The molecule has 1 N–H and O–H groups in total. The largest absolute Gasteiger partial charge is 0.441 e. The molecule has 5 nitrogen and oxygen atoms in total. The monoisotopic (exact) mass is 355 g/mol. The average Bonchev–Trinajstić information content (AvgIpc) is 3.10. The average molecular weight is 355 g/mol. The summed E-state index contributed by atoms with van der Waals surface area (Å²) in [6, 6.07) is 8.14. The van der Waals surface area contributed by atoms with E-state index in [2.05, 4.69) is 29.0 Å². The summed E-state index contributed by atoms with van der Waals surface area (Å²) in [4.78, 5) is 18.8. The van der Waals surface area contributed by atoms with Crippen molar-refractivity contribution < 1.29 is 9.21 Å². The predicted octanol–water partition coefficient (Wildman–Crippen LogP) is 3.43. The highest BCUT2D eigenvalue weighted by Gasteiger charge is 2.16. The van der Waals surface area contributed by atoms with E-state index in [0.717, 1.165) is 36.9 Å². The summed E-state index contributed by atoms with van der Waals surface area (Å²) in [7, 11) is 0. The van der Waals surface area contributed by atoms with Crippen molar-refractivity contribution >= 4 is 5.91 Å². The lowest BCUT2D eigenvalue weighted by Crippen LogP contribution is -2.40. The number of aryl methyl sites for hydroxylation is 2. The SMILES string of the molecule is Cc1ccc(-c2cnc(CCC(=O)NCCN3CCCC(C)C3)o2)cc1. The fraction of sp³-hybridized carbons (Fsp3) is 0.524. The molecule has 2 heterocycles. The molecular weight excluding hydrogens is 326 g/mol. The van der Waals surface area contributed by atoms with E-state index in [4.69, 9.17) is 4.42 Å². The number of carbonyl (C=O) groups excluding carboxylic acids is 1. The molecule has 0 saturated carbocycles. The Hall–Kier alpha value is -2.14. The number of oxazole rings is 1. The zero-order chi connectivity index (χ0) is 18.4. The summed E-state index contributed by atoms with van der Waals surface area (Å²) in [5, 5.41) is 3.01. The maximum absolute atomic E-state index is 12.0. The van der Waals surface area contributed by atoms with Gasteiger partial charge in [0.15, 0.2) is 11.7 Å². The molecule has 0 aliphatic carbocycles. The molecule has 0 bridgehead atoms. The molecule has 2 aromatic rings. The Morgan fingerprint density at radius 1 is 1.35 bits per heavy atom. The zero-order valence-electron chi connectivity index (χ0n) is 15.8. The van der Waals surface area contributed by atoms with Crippen LogP contribution in [0.3, 0.4) is 0 Å². The number of amides is 1. The number of piperidine rings is 1. The van der Waals surface area contributed by atoms with Crippen LogP contribution in [0.5, 0.6) is 0 Å². The maximum Gasteiger partial charge on any atom is 0.220 e. The second-order valence-corrected chi connectivity index (χ2v) is 7.38. The molecule has 1 aliphatic rings. The van der Waals surface area contributed by atoms with Crippen LogP contribution in [0.2, 0.25) is 0 Å². The van der Waals surface area contributed by atoms with Crippen LogP contribution in [0.4, 0.5) is 0 Å². The minimum Gasteiger partial charge on any atom is -0.441 e. The van der Waals surface area contributed by atoms with Crippen LogP contribution < -0.4 is 5.32 Å². The van der Waals surface area contributed by atoms with Gasteiger partial charge in [-0.3, -0.25) is 4.79 Å². The van der Waals surface area contributed by atoms with E-state index in [1.54, 1.807) is 6.20 Å². The molecule has 1 amide bonds. The second kappa shape index (κ2) is 8.99. The standard InChI is InChI=1S/C21H29N3O2/c1-16-5-7-18(8-6-16)19-14-23-21(26-19)10-9-20(25)22-11-13-24-12-3-4-17(2)15-24/h5-8,14,17H,3-4,9-13,15H2,1-2H3,(H,22,25). The summed E-state index contributed by atoms with van der Waals surface area (Å²) >= 11 is 0. The fourth-order valence-corrected chi connectivity index (χ4v) is 3.43. The molecule has 5 heteroatoms. The van der Waals surface area contributed by atoms with Gasteiger partial charge in [0.2, 0.25) is 5.91 Å². The maximum atomic E-state index is 12.0. The summed E-state index contributed by atoms with van der Waals surface area (Å²) in [6.07, 6.45) is 5.25. The normalized spacial score (nSPS) is 18.0. The van der Waals surface area contributed by atoms with E-state index >= 15 is 0 Å². The first-order chi connectivity index (χ1) is 12.6. The van der Waals surface area contributed by atoms with E-state index in [1.165, 1.54) is 18.4 Å². The number of aromatic nitrogens is 1. The van der Waals surface area contributed by atoms with Gasteiger partial charge in [0.05, 0.1) is 6.20 Å². The van der Waals surface area contributed by atoms with Gasteiger partial charge in [-0.25, -0.2) is 4.98 Å². The minimum absolute atomic E-state index is 0.0603. The summed E-state index contributed by atoms with van der Waals surface area (Å²) in [5.41, 5.74) is 2.22. The van der Waals surface area contributed by atoms with Crippen LogP contribution >= 0.6 is 0 Å². The lowest BCUT2D eigenvalue weighted by molar-refractivity contribution is -0.121. The Morgan fingerprint density at radius 3 is 2.92 bits per heavy atom. The molecule has 0 spiro atoms. The number of nitrogens with one attached hydrogen (secondary N) is 1. The quantitative estimate of drug-likeness (QED) is 0.827. The van der Waals surface area contributed by atoms with Crippen molar-refractivity contribution in [3.05, 3.63) is 41.9 Å². The van der Waals surface area contributed by atoms with E-state index in [-0.39, 0.29) is 5.91 Å². The smallest absolute Gasteiger partial charge is 0.220 e. The van der Waals surface area contributed by atoms with Gasteiger partial charge in [-0.1, -0.05) is 36.8 Å². The molecule has 1 saturated heterocycles. The molecule has 0 radical (unpaired) electrons. The Labute approximate surface area is 155 Å². The lowest BCUT2D eigenvalue weighted by atomic mass is 10.0. The third-order valence-electron chi connectivity index (χ3n) is 4.95. The van der Waals surface area contributed by atoms with Crippen molar-refractivity contribution in [2.24, 2.45) is 5.92 Å². The van der Waals surface area contributed by atoms with Gasteiger partial charge in [0.1, 0.15) is 0 Å². The molecular formula is C21H29N3O2. The minimum atomic E-state index is 0.0603. The third kappa shape index (κ3) is 5.43. The first-order valence-corrected chi connectivity index (χ1v) is 9.61. The van der Waals surface area contributed by atoms with E-state index in [9.17, 15) is 4.79 Å². The number of carbonyl (C=O) groups is 1. The van der Waals surface area contributed by atoms with E-state index in [1.807, 2.05) is 24.3 Å². The van der Waals surface area contributed by atoms with Crippen molar-refractivity contribution in [3.63, 3.8) is 0 Å². The van der Waals surface area contributed by atoms with Crippen LogP contribution in [0.1, 0.15) is 37.6 Å². The van der Waals surface area contributed by atoms with Crippen LogP contribution in [-0.2, 0) is 11.2 Å². The van der Waals surface area contributed by atoms with E-state index in [0.29, 0.717) is 25.3 Å². The number of likely N-dealkylation sites (tertiary alicyclic amines) is 1. The van der Waals surface area contributed by atoms with Crippen molar-refractivity contribution in [3.8, 4) is 11.3 Å². The van der Waals surface area contributed by atoms with Crippen molar-refractivity contribution in [2.75, 3.05) is 26.2 Å². The molecule has 1 atom stereocenters. The molecule has 1 aliphatic heterocycles. The van der Waals surface area contributed by atoms with Gasteiger partial charge in [-0.2, -0.15) is 0 Å². The Bertz CT molecular complexity index is 708. The molecule has 26 heavy (non-hydrogen) atoms.